The number of hydrogen-bond donors (Lipinski definition) is 1. The Morgan fingerprint density at radius 1 is 1.41 bits per heavy atom. The minimum Gasteiger partial charge on any atom is -0.313 e. The average molecular weight is 251 g/mol. The molecule has 2 aromatic heterocycles. The van der Waals surface area contributed by atoms with E-state index < -0.39 is 0 Å². The Labute approximate surface area is 106 Å². The molecule has 0 aliphatic heterocycles. The number of pyridine rings is 1. The van der Waals surface area contributed by atoms with Gasteiger partial charge in [0.05, 0.1) is 16.9 Å². The van der Waals surface area contributed by atoms with Gasteiger partial charge in [-0.2, -0.15) is 5.10 Å². The van der Waals surface area contributed by atoms with Crippen LogP contribution in [0.15, 0.2) is 24.5 Å². The highest BCUT2D eigenvalue weighted by atomic mass is 35.5. The summed E-state index contributed by atoms with van der Waals surface area (Å²) >= 11 is 5.96. The summed E-state index contributed by atoms with van der Waals surface area (Å²) in [4.78, 5) is 4.37. The summed E-state index contributed by atoms with van der Waals surface area (Å²) in [6.07, 6.45) is 3.61. The van der Waals surface area contributed by atoms with Crippen molar-refractivity contribution in [2.45, 2.75) is 19.9 Å². The van der Waals surface area contributed by atoms with Crippen molar-refractivity contribution in [2.75, 3.05) is 7.05 Å². The molecule has 0 amide bonds. The number of rotatable bonds is 3. The van der Waals surface area contributed by atoms with Gasteiger partial charge < -0.3 is 5.32 Å². The molecule has 1 N–H and O–H groups in total. The fourth-order valence-electron chi connectivity index (χ4n) is 1.51. The SMILES string of the molecule is CNC(C)c1ccc(-n2cc(Cl)c(C)n2)nc1. The van der Waals surface area contributed by atoms with E-state index >= 15 is 0 Å². The second-order valence-corrected chi connectivity index (χ2v) is 4.37. The molecule has 0 saturated heterocycles. The van der Waals surface area contributed by atoms with Crippen LogP contribution in [-0.4, -0.2) is 21.8 Å². The van der Waals surface area contributed by atoms with E-state index in [2.05, 4.69) is 22.3 Å². The summed E-state index contributed by atoms with van der Waals surface area (Å²) in [6, 6.07) is 4.26. The van der Waals surface area contributed by atoms with Gasteiger partial charge in [0, 0.05) is 12.2 Å². The lowest BCUT2D eigenvalue weighted by Crippen LogP contribution is -2.12. The smallest absolute Gasteiger partial charge is 0.153 e. The summed E-state index contributed by atoms with van der Waals surface area (Å²) in [5, 5.41) is 8.10. The molecule has 0 aromatic carbocycles. The maximum absolute atomic E-state index is 5.96. The molecule has 2 aromatic rings. The van der Waals surface area contributed by atoms with Crippen LogP contribution in [-0.2, 0) is 0 Å². The first-order chi connectivity index (χ1) is 8.11. The van der Waals surface area contributed by atoms with E-state index in [9.17, 15) is 0 Å². The van der Waals surface area contributed by atoms with Crippen LogP contribution >= 0.6 is 11.6 Å². The highest BCUT2D eigenvalue weighted by molar-refractivity contribution is 6.31. The second kappa shape index (κ2) is 4.85. The average Bonchev–Trinajstić information content (AvgIpc) is 2.69. The minimum absolute atomic E-state index is 0.291. The van der Waals surface area contributed by atoms with Crippen LogP contribution in [0.4, 0.5) is 0 Å². The topological polar surface area (TPSA) is 42.7 Å². The van der Waals surface area contributed by atoms with Crippen LogP contribution in [0.2, 0.25) is 5.02 Å². The lowest BCUT2D eigenvalue weighted by molar-refractivity contribution is 0.648. The molecule has 2 heterocycles. The van der Waals surface area contributed by atoms with E-state index in [4.69, 9.17) is 11.6 Å². The molecule has 0 fully saturated rings. The van der Waals surface area contributed by atoms with Crippen molar-refractivity contribution in [3.05, 3.63) is 40.8 Å². The number of halogens is 1. The molecule has 1 unspecified atom stereocenters. The number of aromatic nitrogens is 3. The number of aryl methyl sites for hydroxylation is 1. The molecular weight excluding hydrogens is 236 g/mol. The third-order valence-corrected chi connectivity index (χ3v) is 3.15. The van der Waals surface area contributed by atoms with Gasteiger partial charge in [0.15, 0.2) is 5.82 Å². The molecule has 1 atom stereocenters. The van der Waals surface area contributed by atoms with Crippen LogP contribution in [0.5, 0.6) is 0 Å². The Morgan fingerprint density at radius 2 is 2.18 bits per heavy atom. The van der Waals surface area contributed by atoms with Crippen molar-refractivity contribution in [3.8, 4) is 5.82 Å². The van der Waals surface area contributed by atoms with E-state index in [0.717, 1.165) is 17.1 Å². The van der Waals surface area contributed by atoms with Crippen LogP contribution < -0.4 is 5.32 Å². The van der Waals surface area contributed by atoms with Gasteiger partial charge in [-0.25, -0.2) is 9.67 Å². The number of nitrogens with one attached hydrogen (secondary N) is 1. The molecule has 0 radical (unpaired) electrons. The molecule has 0 bridgehead atoms. The third kappa shape index (κ3) is 2.48. The van der Waals surface area contributed by atoms with Crippen molar-refractivity contribution in [1.29, 1.82) is 0 Å². The van der Waals surface area contributed by atoms with Crippen molar-refractivity contribution < 1.29 is 0 Å². The zero-order valence-electron chi connectivity index (χ0n) is 10.1. The van der Waals surface area contributed by atoms with Gasteiger partial charge in [-0.1, -0.05) is 17.7 Å². The quantitative estimate of drug-likeness (QED) is 0.910. The van der Waals surface area contributed by atoms with Crippen molar-refractivity contribution in [3.63, 3.8) is 0 Å². The first kappa shape index (κ1) is 12.1. The molecule has 0 saturated carbocycles. The number of nitrogens with zero attached hydrogens (tertiary/aromatic N) is 3. The van der Waals surface area contributed by atoms with Crippen LogP contribution in [0.3, 0.4) is 0 Å². The van der Waals surface area contributed by atoms with Gasteiger partial charge in [0.25, 0.3) is 0 Å². The molecule has 5 heteroatoms. The first-order valence-electron chi connectivity index (χ1n) is 5.47. The molecule has 4 nitrogen and oxygen atoms in total. The maximum Gasteiger partial charge on any atom is 0.153 e. The summed E-state index contributed by atoms with van der Waals surface area (Å²) in [7, 11) is 1.93. The Balaban J connectivity index is 2.29. The zero-order valence-corrected chi connectivity index (χ0v) is 10.9. The predicted molar refractivity (Wildman–Crippen MR) is 68.6 cm³/mol. The lowest BCUT2D eigenvalue weighted by Gasteiger charge is -2.10. The Kier molecular flexibility index (Phi) is 3.45. The van der Waals surface area contributed by atoms with Gasteiger partial charge in [0.1, 0.15) is 0 Å². The largest absolute Gasteiger partial charge is 0.313 e. The van der Waals surface area contributed by atoms with Gasteiger partial charge in [-0.15, -0.1) is 0 Å². The monoisotopic (exact) mass is 250 g/mol. The number of hydrogen-bond acceptors (Lipinski definition) is 3. The van der Waals surface area contributed by atoms with Crippen molar-refractivity contribution in [2.24, 2.45) is 0 Å². The summed E-state index contributed by atoms with van der Waals surface area (Å²) in [5.74, 6) is 0.770. The molecule has 90 valence electrons. The fraction of sp³-hybridized carbons (Fsp3) is 0.333. The van der Waals surface area contributed by atoms with E-state index in [1.54, 1.807) is 10.9 Å². The van der Waals surface area contributed by atoms with Crippen molar-refractivity contribution in [1.82, 2.24) is 20.1 Å². The van der Waals surface area contributed by atoms with Gasteiger partial charge in [0.2, 0.25) is 0 Å². The van der Waals surface area contributed by atoms with E-state index in [1.165, 1.54) is 0 Å². The lowest BCUT2D eigenvalue weighted by atomic mass is 10.1. The highest BCUT2D eigenvalue weighted by Crippen LogP contribution is 2.16. The van der Waals surface area contributed by atoms with Crippen LogP contribution in [0.1, 0.15) is 24.2 Å². The zero-order chi connectivity index (χ0) is 12.4. The summed E-state index contributed by atoms with van der Waals surface area (Å²) < 4.78 is 1.69. The summed E-state index contributed by atoms with van der Waals surface area (Å²) in [5.41, 5.74) is 1.95. The minimum atomic E-state index is 0.291. The van der Waals surface area contributed by atoms with Crippen LogP contribution in [0.25, 0.3) is 5.82 Å². The van der Waals surface area contributed by atoms with E-state index in [1.807, 2.05) is 32.3 Å². The predicted octanol–water partition coefficient (Wildman–Crippen LogP) is 2.51. The van der Waals surface area contributed by atoms with Crippen molar-refractivity contribution >= 4 is 11.6 Å². The highest BCUT2D eigenvalue weighted by Gasteiger charge is 2.06. The first-order valence-corrected chi connectivity index (χ1v) is 5.85. The summed E-state index contributed by atoms with van der Waals surface area (Å²) in [6.45, 7) is 3.96. The third-order valence-electron chi connectivity index (χ3n) is 2.78. The molecule has 0 aliphatic carbocycles. The van der Waals surface area contributed by atoms with E-state index in [-0.39, 0.29) is 0 Å². The second-order valence-electron chi connectivity index (χ2n) is 3.97. The molecular formula is C12H15ClN4. The Bertz CT molecular complexity index is 484. The maximum atomic E-state index is 5.96. The normalized spacial score (nSPS) is 12.7. The molecule has 0 spiro atoms. The fourth-order valence-corrected chi connectivity index (χ4v) is 1.64. The van der Waals surface area contributed by atoms with Gasteiger partial charge >= 0.3 is 0 Å². The van der Waals surface area contributed by atoms with E-state index in [0.29, 0.717) is 11.1 Å². The standard InChI is InChI=1S/C12H15ClN4/c1-8(14-3)10-4-5-12(15-6-10)17-7-11(13)9(2)16-17/h4-8,14H,1-3H3. The van der Waals surface area contributed by atoms with Crippen LogP contribution in [0, 0.1) is 6.92 Å². The molecule has 17 heavy (non-hydrogen) atoms. The van der Waals surface area contributed by atoms with Gasteiger partial charge in [-0.05, 0) is 32.5 Å². The molecule has 0 aliphatic rings. The Morgan fingerprint density at radius 3 is 2.65 bits per heavy atom. The van der Waals surface area contributed by atoms with Gasteiger partial charge in [-0.3, -0.25) is 0 Å². The molecule has 2 rings (SSSR count). The Hall–Kier alpha value is -1.39.